The highest BCUT2D eigenvalue weighted by Crippen LogP contribution is 2.28. The topological polar surface area (TPSA) is 12.0 Å². The van der Waals surface area contributed by atoms with Crippen molar-refractivity contribution < 1.29 is 0 Å². The lowest BCUT2D eigenvalue weighted by Gasteiger charge is -2.07. The summed E-state index contributed by atoms with van der Waals surface area (Å²) >= 11 is 10.4. The Balaban J connectivity index is 2.24. The molecule has 1 nitrogen and oxygen atoms in total. The van der Waals surface area contributed by atoms with E-state index in [1.54, 1.807) is 0 Å². The van der Waals surface area contributed by atoms with Crippen LogP contribution in [0.25, 0.3) is 0 Å². The summed E-state index contributed by atoms with van der Waals surface area (Å²) in [4.78, 5) is 0. The second-order valence-electron chi connectivity index (χ2n) is 3.26. The highest BCUT2D eigenvalue weighted by Gasteiger charge is 1.99. The molecule has 2 aromatic rings. The van der Waals surface area contributed by atoms with Gasteiger partial charge in [-0.1, -0.05) is 22.0 Å². The lowest BCUT2D eigenvalue weighted by Crippen LogP contribution is -1.89. The molecule has 0 amide bonds. The Kier molecular flexibility index (Phi) is 4.05. The van der Waals surface area contributed by atoms with E-state index in [9.17, 15) is 0 Å². The average molecular weight is 406 g/mol. The molecule has 0 bridgehead atoms. The molecule has 0 saturated carbocycles. The zero-order valence-corrected chi connectivity index (χ0v) is 12.9. The summed E-state index contributed by atoms with van der Waals surface area (Å²) in [5.41, 5.74) is 2.11. The second kappa shape index (κ2) is 5.34. The third-order valence-electron chi connectivity index (χ3n) is 2.03. The Bertz CT molecular complexity index is 511. The summed E-state index contributed by atoms with van der Waals surface area (Å²) in [6, 6.07) is 14.1. The fourth-order valence-electron chi connectivity index (χ4n) is 1.31. The molecule has 0 heterocycles. The van der Waals surface area contributed by atoms with E-state index in [-0.39, 0.29) is 0 Å². The monoisotopic (exact) mass is 403 g/mol. The molecule has 0 atom stereocenters. The van der Waals surface area contributed by atoms with Crippen molar-refractivity contribution in [1.29, 1.82) is 0 Å². The summed E-state index contributed by atoms with van der Waals surface area (Å²) in [6.45, 7) is 0. The number of hydrogen-bond acceptors (Lipinski definition) is 1. The Morgan fingerprint density at radius 3 is 2.19 bits per heavy atom. The van der Waals surface area contributed by atoms with Crippen molar-refractivity contribution >= 4 is 59.2 Å². The fourth-order valence-corrected chi connectivity index (χ4v) is 2.33. The molecule has 0 fully saturated rings. The zero-order chi connectivity index (χ0) is 11.5. The van der Waals surface area contributed by atoms with E-state index < -0.39 is 0 Å². The van der Waals surface area contributed by atoms with Crippen molar-refractivity contribution in [3.8, 4) is 0 Å². The average Bonchev–Trinajstić information content (AvgIpc) is 2.24. The molecule has 16 heavy (non-hydrogen) atoms. The van der Waals surface area contributed by atoms with Crippen molar-refractivity contribution in [2.45, 2.75) is 0 Å². The summed E-state index contributed by atoms with van der Waals surface area (Å²) in [7, 11) is 0. The van der Waals surface area contributed by atoms with Gasteiger partial charge in [0.1, 0.15) is 0 Å². The highest BCUT2D eigenvalue weighted by molar-refractivity contribution is 9.13. The molecular formula is C12H8Br3N. The van der Waals surface area contributed by atoms with Crippen LogP contribution in [0.1, 0.15) is 0 Å². The Morgan fingerprint density at radius 1 is 0.750 bits per heavy atom. The minimum atomic E-state index is 1.03. The van der Waals surface area contributed by atoms with Crippen molar-refractivity contribution in [3.63, 3.8) is 0 Å². The van der Waals surface area contributed by atoms with Crippen LogP contribution in [0.4, 0.5) is 11.4 Å². The summed E-state index contributed by atoms with van der Waals surface area (Å²) in [5, 5.41) is 3.33. The third-order valence-corrected chi connectivity index (χ3v) is 4.41. The molecule has 2 aromatic carbocycles. The van der Waals surface area contributed by atoms with Gasteiger partial charge in [-0.2, -0.15) is 0 Å². The lowest BCUT2D eigenvalue weighted by molar-refractivity contribution is 1.50. The van der Waals surface area contributed by atoms with Crippen LogP contribution in [0.3, 0.4) is 0 Å². The second-order valence-corrected chi connectivity index (χ2v) is 5.89. The maximum atomic E-state index is 3.48. The van der Waals surface area contributed by atoms with Crippen LogP contribution in [0, 0.1) is 0 Å². The molecule has 0 aliphatic rings. The van der Waals surface area contributed by atoms with Crippen LogP contribution in [0.5, 0.6) is 0 Å². The Labute approximate surface area is 120 Å². The molecule has 0 unspecified atom stereocenters. The van der Waals surface area contributed by atoms with Gasteiger partial charge >= 0.3 is 0 Å². The molecule has 0 spiro atoms. The summed E-state index contributed by atoms with van der Waals surface area (Å²) < 4.78 is 3.15. The zero-order valence-electron chi connectivity index (χ0n) is 8.18. The number of anilines is 2. The van der Waals surface area contributed by atoms with E-state index in [1.165, 1.54) is 0 Å². The number of halogens is 3. The van der Waals surface area contributed by atoms with Gasteiger partial charge in [-0.05, 0) is 68.3 Å². The SMILES string of the molecule is Brc1cccc(Nc2ccc(Br)c(Br)c2)c1. The van der Waals surface area contributed by atoms with E-state index in [4.69, 9.17) is 0 Å². The third kappa shape index (κ3) is 3.09. The molecule has 0 saturated heterocycles. The normalized spacial score (nSPS) is 10.2. The van der Waals surface area contributed by atoms with E-state index in [1.807, 2.05) is 42.5 Å². The first-order chi connectivity index (χ1) is 7.65. The van der Waals surface area contributed by atoms with Crippen LogP contribution in [0.15, 0.2) is 55.9 Å². The molecule has 0 radical (unpaired) electrons. The predicted molar refractivity (Wildman–Crippen MR) is 79.3 cm³/mol. The van der Waals surface area contributed by atoms with E-state index in [2.05, 4.69) is 53.1 Å². The number of benzene rings is 2. The Morgan fingerprint density at radius 2 is 1.50 bits per heavy atom. The fraction of sp³-hybridized carbons (Fsp3) is 0. The van der Waals surface area contributed by atoms with Gasteiger partial charge in [0.25, 0.3) is 0 Å². The first kappa shape index (κ1) is 12.1. The van der Waals surface area contributed by atoms with Gasteiger partial charge in [-0.3, -0.25) is 0 Å². The first-order valence-corrected chi connectivity index (χ1v) is 7.01. The largest absolute Gasteiger partial charge is 0.355 e. The standard InChI is InChI=1S/C12H8Br3N/c13-8-2-1-3-9(6-8)16-10-4-5-11(14)12(15)7-10/h1-7,16H. The van der Waals surface area contributed by atoms with Crippen molar-refractivity contribution in [1.82, 2.24) is 0 Å². The molecule has 0 aliphatic heterocycles. The van der Waals surface area contributed by atoms with Gasteiger partial charge in [0, 0.05) is 24.8 Å². The molecule has 0 aliphatic carbocycles. The van der Waals surface area contributed by atoms with Crippen LogP contribution >= 0.6 is 47.8 Å². The van der Waals surface area contributed by atoms with Gasteiger partial charge in [0.15, 0.2) is 0 Å². The maximum absolute atomic E-state index is 3.48. The van der Waals surface area contributed by atoms with Crippen molar-refractivity contribution in [3.05, 3.63) is 55.9 Å². The van der Waals surface area contributed by atoms with Crippen LogP contribution in [0.2, 0.25) is 0 Å². The predicted octanol–water partition coefficient (Wildman–Crippen LogP) is 5.72. The van der Waals surface area contributed by atoms with Gasteiger partial charge < -0.3 is 5.32 Å². The molecular weight excluding hydrogens is 398 g/mol. The Hall–Kier alpha value is -0.320. The van der Waals surface area contributed by atoms with E-state index >= 15 is 0 Å². The van der Waals surface area contributed by atoms with Crippen molar-refractivity contribution in [2.24, 2.45) is 0 Å². The number of nitrogens with one attached hydrogen (secondary N) is 1. The van der Waals surface area contributed by atoms with Gasteiger partial charge in [-0.25, -0.2) is 0 Å². The molecule has 2 rings (SSSR count). The van der Waals surface area contributed by atoms with Gasteiger partial charge in [-0.15, -0.1) is 0 Å². The number of hydrogen-bond donors (Lipinski definition) is 1. The van der Waals surface area contributed by atoms with Crippen molar-refractivity contribution in [2.75, 3.05) is 5.32 Å². The smallest absolute Gasteiger partial charge is 0.0396 e. The van der Waals surface area contributed by atoms with E-state index in [0.717, 1.165) is 24.8 Å². The lowest BCUT2D eigenvalue weighted by atomic mass is 10.3. The maximum Gasteiger partial charge on any atom is 0.0396 e. The minimum Gasteiger partial charge on any atom is -0.355 e. The van der Waals surface area contributed by atoms with Crippen LogP contribution in [-0.4, -0.2) is 0 Å². The summed E-state index contributed by atoms with van der Waals surface area (Å²) in [6.07, 6.45) is 0. The van der Waals surface area contributed by atoms with Gasteiger partial charge in [0.2, 0.25) is 0 Å². The quantitative estimate of drug-likeness (QED) is 0.674. The highest BCUT2D eigenvalue weighted by atomic mass is 79.9. The summed E-state index contributed by atoms with van der Waals surface area (Å²) in [5.74, 6) is 0. The van der Waals surface area contributed by atoms with E-state index in [0.29, 0.717) is 0 Å². The molecule has 1 N–H and O–H groups in total. The van der Waals surface area contributed by atoms with Gasteiger partial charge in [0.05, 0.1) is 0 Å². The first-order valence-electron chi connectivity index (χ1n) is 4.63. The minimum absolute atomic E-state index is 1.03. The van der Waals surface area contributed by atoms with Crippen LogP contribution in [-0.2, 0) is 0 Å². The molecule has 0 aromatic heterocycles. The van der Waals surface area contributed by atoms with Crippen LogP contribution < -0.4 is 5.32 Å². The molecule has 82 valence electrons. The number of rotatable bonds is 2. The molecule has 4 heteroatoms.